The zero-order valence-electron chi connectivity index (χ0n) is 14.5. The van der Waals surface area contributed by atoms with Gasteiger partial charge < -0.3 is 9.84 Å². The second kappa shape index (κ2) is 7.32. The van der Waals surface area contributed by atoms with Gasteiger partial charge >= 0.3 is 0 Å². The van der Waals surface area contributed by atoms with E-state index in [1.54, 1.807) is 35.4 Å². The van der Waals surface area contributed by atoms with Gasteiger partial charge in [0.05, 0.1) is 17.7 Å². The molecular weight excluding hydrogens is 349 g/mol. The summed E-state index contributed by atoms with van der Waals surface area (Å²) in [5.74, 6) is 0.791. The highest BCUT2D eigenvalue weighted by atomic mass is 19.1. The van der Waals surface area contributed by atoms with Crippen molar-refractivity contribution in [2.24, 2.45) is 0 Å². The molecule has 1 unspecified atom stereocenters. The first-order valence-corrected chi connectivity index (χ1v) is 8.33. The van der Waals surface area contributed by atoms with E-state index in [0.717, 1.165) is 0 Å². The number of benzene rings is 1. The molecule has 0 bridgehead atoms. The normalized spacial score (nSPS) is 12.1. The minimum Gasteiger partial charge on any atom is -0.366 e. The van der Waals surface area contributed by atoms with Gasteiger partial charge in [0.2, 0.25) is 5.82 Å². The lowest BCUT2D eigenvalue weighted by molar-refractivity contribution is 0.431. The van der Waals surface area contributed by atoms with E-state index in [1.807, 2.05) is 19.1 Å². The first-order chi connectivity index (χ1) is 13.2. The van der Waals surface area contributed by atoms with E-state index in [-0.39, 0.29) is 17.8 Å². The topological polar surface area (TPSA) is 94.6 Å². The summed E-state index contributed by atoms with van der Waals surface area (Å²) in [6, 6.07) is 10.0. The number of anilines is 1. The molecule has 9 heteroatoms. The van der Waals surface area contributed by atoms with Gasteiger partial charge in [-0.3, -0.25) is 4.68 Å². The van der Waals surface area contributed by atoms with Crippen LogP contribution in [0.1, 0.15) is 6.92 Å². The zero-order chi connectivity index (χ0) is 18.6. The Morgan fingerprint density at radius 2 is 2.11 bits per heavy atom. The van der Waals surface area contributed by atoms with E-state index in [0.29, 0.717) is 23.5 Å². The van der Waals surface area contributed by atoms with Crippen LogP contribution in [0.25, 0.3) is 22.8 Å². The summed E-state index contributed by atoms with van der Waals surface area (Å²) >= 11 is 0. The average molecular weight is 365 g/mol. The molecule has 0 aliphatic heterocycles. The Kier molecular flexibility index (Phi) is 4.56. The van der Waals surface area contributed by atoms with Crippen molar-refractivity contribution in [1.29, 1.82) is 0 Å². The molecule has 0 aliphatic rings. The second-order valence-electron chi connectivity index (χ2n) is 6.00. The molecule has 0 saturated heterocycles. The zero-order valence-corrected chi connectivity index (χ0v) is 14.5. The molecule has 0 radical (unpaired) electrons. The molecule has 0 saturated carbocycles. The van der Waals surface area contributed by atoms with Gasteiger partial charge in [-0.2, -0.15) is 10.1 Å². The third-order valence-electron chi connectivity index (χ3n) is 3.87. The van der Waals surface area contributed by atoms with Crippen LogP contribution in [-0.4, -0.2) is 35.9 Å². The Balaban J connectivity index is 1.46. The van der Waals surface area contributed by atoms with Crippen molar-refractivity contribution < 1.29 is 8.91 Å². The quantitative estimate of drug-likeness (QED) is 0.561. The third-order valence-corrected chi connectivity index (χ3v) is 3.87. The van der Waals surface area contributed by atoms with Gasteiger partial charge in [-0.05, 0) is 31.2 Å². The van der Waals surface area contributed by atoms with E-state index in [9.17, 15) is 4.39 Å². The van der Waals surface area contributed by atoms with Crippen molar-refractivity contribution in [2.75, 3.05) is 5.32 Å². The van der Waals surface area contributed by atoms with Gasteiger partial charge in [0.25, 0.3) is 5.89 Å². The first kappa shape index (κ1) is 16.8. The van der Waals surface area contributed by atoms with Crippen LogP contribution >= 0.6 is 0 Å². The lowest BCUT2D eigenvalue weighted by Crippen LogP contribution is -2.22. The van der Waals surface area contributed by atoms with Crippen LogP contribution in [0.3, 0.4) is 0 Å². The predicted molar refractivity (Wildman–Crippen MR) is 96.0 cm³/mol. The van der Waals surface area contributed by atoms with Crippen molar-refractivity contribution >= 4 is 5.82 Å². The van der Waals surface area contributed by atoms with Crippen LogP contribution in [0, 0.1) is 5.82 Å². The smallest absolute Gasteiger partial charge is 0.259 e. The molecule has 1 aromatic carbocycles. The highest BCUT2D eigenvalue weighted by Gasteiger charge is 2.14. The van der Waals surface area contributed by atoms with E-state index in [2.05, 4.69) is 30.5 Å². The van der Waals surface area contributed by atoms with Crippen LogP contribution in [0.5, 0.6) is 0 Å². The van der Waals surface area contributed by atoms with Crippen molar-refractivity contribution in [2.45, 2.75) is 19.5 Å². The molecule has 4 rings (SSSR count). The third kappa shape index (κ3) is 3.81. The second-order valence-corrected chi connectivity index (χ2v) is 6.00. The Bertz CT molecular complexity index is 1010. The molecule has 0 spiro atoms. The fourth-order valence-electron chi connectivity index (χ4n) is 2.60. The van der Waals surface area contributed by atoms with E-state index < -0.39 is 5.82 Å². The number of halogens is 1. The monoisotopic (exact) mass is 365 g/mol. The fourth-order valence-corrected chi connectivity index (χ4v) is 2.60. The number of hydrogen-bond acceptors (Lipinski definition) is 7. The molecule has 3 heterocycles. The summed E-state index contributed by atoms with van der Waals surface area (Å²) in [5, 5.41) is 11.2. The van der Waals surface area contributed by atoms with Gasteiger partial charge in [0.15, 0.2) is 0 Å². The van der Waals surface area contributed by atoms with Crippen molar-refractivity contribution in [3.63, 3.8) is 0 Å². The maximum Gasteiger partial charge on any atom is 0.259 e. The van der Waals surface area contributed by atoms with Crippen molar-refractivity contribution in [1.82, 2.24) is 29.9 Å². The maximum atomic E-state index is 13.8. The molecule has 8 nitrogen and oxygen atoms in total. The molecule has 0 amide bonds. The number of pyridine rings is 1. The summed E-state index contributed by atoms with van der Waals surface area (Å²) < 4.78 is 20.8. The van der Waals surface area contributed by atoms with Crippen molar-refractivity contribution in [3.8, 4) is 22.8 Å². The van der Waals surface area contributed by atoms with Crippen LogP contribution < -0.4 is 5.32 Å². The molecule has 3 aromatic heterocycles. The summed E-state index contributed by atoms with van der Waals surface area (Å²) in [4.78, 5) is 12.5. The van der Waals surface area contributed by atoms with Gasteiger partial charge in [-0.25, -0.2) is 14.4 Å². The minimum absolute atomic E-state index is 0.112. The molecule has 0 fully saturated rings. The van der Waals surface area contributed by atoms with Crippen LogP contribution in [-0.2, 0) is 6.54 Å². The molecule has 136 valence electrons. The van der Waals surface area contributed by atoms with Gasteiger partial charge in [0.1, 0.15) is 24.3 Å². The molecule has 4 aromatic rings. The lowest BCUT2D eigenvalue weighted by atomic mass is 10.2. The summed E-state index contributed by atoms with van der Waals surface area (Å²) in [5.41, 5.74) is 0.945. The Morgan fingerprint density at radius 1 is 1.22 bits per heavy atom. The first-order valence-electron chi connectivity index (χ1n) is 8.33. The number of aromatic nitrogens is 6. The summed E-state index contributed by atoms with van der Waals surface area (Å²) in [7, 11) is 0. The SMILES string of the molecule is CC(Cn1cncn1)Nc1ccc(-c2nc(-c3ccccc3F)no2)cn1. The van der Waals surface area contributed by atoms with Crippen molar-refractivity contribution in [3.05, 3.63) is 61.1 Å². The molecule has 1 N–H and O–H groups in total. The number of hydrogen-bond donors (Lipinski definition) is 1. The Labute approximate surface area is 154 Å². The Hall–Kier alpha value is -3.62. The molecule has 0 aliphatic carbocycles. The van der Waals surface area contributed by atoms with Crippen LogP contribution in [0.2, 0.25) is 0 Å². The van der Waals surface area contributed by atoms with Crippen LogP contribution in [0.4, 0.5) is 10.2 Å². The standard InChI is InChI=1S/C18H16FN7O/c1-12(9-26-11-20-10-22-26)23-16-7-6-13(8-21-16)18-24-17(25-27-18)14-4-2-3-5-15(14)19/h2-8,10-12H,9H2,1H3,(H,21,23). The number of rotatable bonds is 6. The van der Waals surface area contributed by atoms with E-state index >= 15 is 0 Å². The maximum absolute atomic E-state index is 13.8. The molecule has 1 atom stereocenters. The van der Waals surface area contributed by atoms with Gasteiger partial charge in [-0.15, -0.1) is 0 Å². The molecular formula is C18H16FN7O. The van der Waals surface area contributed by atoms with E-state index in [1.165, 1.54) is 12.4 Å². The average Bonchev–Trinajstić information content (AvgIpc) is 3.35. The predicted octanol–water partition coefficient (Wildman–Crippen LogP) is 3.03. The number of nitrogens with one attached hydrogen (secondary N) is 1. The van der Waals surface area contributed by atoms with Crippen LogP contribution in [0.15, 0.2) is 59.8 Å². The summed E-state index contributed by atoms with van der Waals surface area (Å²) in [6.45, 7) is 2.69. The highest BCUT2D eigenvalue weighted by molar-refractivity contribution is 5.60. The lowest BCUT2D eigenvalue weighted by Gasteiger charge is -2.14. The highest BCUT2D eigenvalue weighted by Crippen LogP contribution is 2.24. The van der Waals surface area contributed by atoms with Gasteiger partial charge in [-0.1, -0.05) is 17.3 Å². The largest absolute Gasteiger partial charge is 0.366 e. The summed E-state index contributed by atoms with van der Waals surface area (Å²) in [6.07, 6.45) is 4.79. The van der Waals surface area contributed by atoms with E-state index in [4.69, 9.17) is 4.52 Å². The molecule has 27 heavy (non-hydrogen) atoms. The Morgan fingerprint density at radius 3 is 2.85 bits per heavy atom. The van der Waals surface area contributed by atoms with Gasteiger partial charge in [0, 0.05) is 12.2 Å². The fraction of sp³-hybridized carbons (Fsp3) is 0.167. The number of nitrogens with zero attached hydrogens (tertiary/aromatic N) is 6. The minimum atomic E-state index is -0.399.